The third-order valence-corrected chi connectivity index (χ3v) is 4.85. The highest BCUT2D eigenvalue weighted by Gasteiger charge is 2.45. The lowest BCUT2D eigenvalue weighted by Crippen LogP contribution is -2.48. The second-order valence-corrected chi connectivity index (χ2v) is 6.32. The van der Waals surface area contributed by atoms with Gasteiger partial charge in [-0.05, 0) is 47.9 Å². The minimum atomic E-state index is -0.00900. The smallest absolute Gasteiger partial charge is 0.200 e. The Kier molecular flexibility index (Phi) is 2.59. The van der Waals surface area contributed by atoms with E-state index in [0.717, 1.165) is 30.8 Å². The van der Waals surface area contributed by atoms with Crippen molar-refractivity contribution in [2.75, 3.05) is 5.32 Å². The molecule has 3 heterocycles. The third kappa shape index (κ3) is 2.03. The van der Waals surface area contributed by atoms with Crippen molar-refractivity contribution in [1.82, 2.24) is 25.3 Å². The summed E-state index contributed by atoms with van der Waals surface area (Å²) in [5.41, 5.74) is 1.81. The van der Waals surface area contributed by atoms with Gasteiger partial charge in [0.2, 0.25) is 0 Å². The molecule has 0 radical (unpaired) electrons. The quantitative estimate of drug-likeness (QED) is 0.783. The predicted molar refractivity (Wildman–Crippen MR) is 83.2 cm³/mol. The molecule has 2 aliphatic rings. The normalized spacial score (nSPS) is 21.5. The lowest BCUT2D eigenvalue weighted by atomic mass is 9.73. The highest BCUT2D eigenvalue weighted by atomic mass is 16.5. The number of fused-ring (bicyclic) bond motifs is 2. The van der Waals surface area contributed by atoms with Crippen molar-refractivity contribution in [3.8, 4) is 5.75 Å². The van der Waals surface area contributed by atoms with E-state index in [9.17, 15) is 0 Å². The van der Waals surface area contributed by atoms with Crippen molar-refractivity contribution in [2.45, 2.75) is 37.3 Å². The van der Waals surface area contributed by atoms with Crippen molar-refractivity contribution < 1.29 is 4.74 Å². The number of anilines is 1. The first-order valence-corrected chi connectivity index (χ1v) is 7.91. The van der Waals surface area contributed by atoms with Crippen LogP contribution in [0.15, 0.2) is 36.4 Å². The maximum Gasteiger partial charge on any atom is 0.200 e. The second kappa shape index (κ2) is 4.65. The molecule has 23 heavy (non-hydrogen) atoms. The Bertz CT molecular complexity index is 872. The van der Waals surface area contributed by atoms with E-state index < -0.39 is 0 Å². The molecular weight excluding hydrogens is 292 g/mol. The van der Waals surface area contributed by atoms with Crippen LogP contribution in [0.2, 0.25) is 0 Å². The lowest BCUT2D eigenvalue weighted by molar-refractivity contribution is -0.0309. The van der Waals surface area contributed by atoms with Gasteiger partial charge in [-0.1, -0.05) is 18.2 Å². The van der Waals surface area contributed by atoms with E-state index >= 15 is 0 Å². The van der Waals surface area contributed by atoms with Crippen LogP contribution in [0, 0.1) is 0 Å². The van der Waals surface area contributed by atoms with Crippen molar-refractivity contribution >= 4 is 11.5 Å². The van der Waals surface area contributed by atoms with Gasteiger partial charge in [0.1, 0.15) is 17.2 Å². The summed E-state index contributed by atoms with van der Waals surface area (Å²) in [5, 5.41) is 19.3. The molecule has 1 N–H and O–H groups in total. The number of hydrogen-bond donors (Lipinski definition) is 1. The Labute approximate surface area is 132 Å². The third-order valence-electron chi connectivity index (χ3n) is 4.85. The highest BCUT2D eigenvalue weighted by molar-refractivity contribution is 5.47. The van der Waals surface area contributed by atoms with Gasteiger partial charge in [-0.2, -0.15) is 0 Å². The van der Waals surface area contributed by atoms with E-state index in [1.165, 1.54) is 16.6 Å². The molecule has 0 unspecified atom stereocenters. The number of benzene rings is 1. The van der Waals surface area contributed by atoms with E-state index in [2.05, 4.69) is 38.1 Å². The van der Waals surface area contributed by atoms with Gasteiger partial charge in [0.15, 0.2) is 5.65 Å². The topological polar surface area (TPSA) is 77.2 Å². The number of ether oxygens (including phenoxy) is 1. The fraction of sp³-hybridized carbons (Fsp3) is 0.375. The van der Waals surface area contributed by atoms with Gasteiger partial charge in [-0.25, -0.2) is 0 Å². The molecule has 3 aromatic rings. The van der Waals surface area contributed by atoms with Crippen LogP contribution in [0.1, 0.15) is 37.3 Å². The molecule has 1 saturated carbocycles. The Morgan fingerprint density at radius 1 is 1.17 bits per heavy atom. The van der Waals surface area contributed by atoms with Gasteiger partial charge in [0.25, 0.3) is 0 Å². The zero-order chi connectivity index (χ0) is 15.3. The number of nitrogens with one attached hydrogen (secondary N) is 1. The Hall–Kier alpha value is -2.70. The van der Waals surface area contributed by atoms with Crippen molar-refractivity contribution in [2.24, 2.45) is 0 Å². The molecule has 5 rings (SSSR count). The van der Waals surface area contributed by atoms with Gasteiger partial charge in [-0.15, -0.1) is 14.8 Å². The summed E-state index contributed by atoms with van der Waals surface area (Å²) >= 11 is 0. The molecular formula is C16H16N6O. The van der Waals surface area contributed by atoms with Crippen LogP contribution in [-0.4, -0.2) is 30.9 Å². The summed E-state index contributed by atoms with van der Waals surface area (Å²) in [6, 6.07) is 12.2. The molecule has 1 spiro atoms. The molecule has 2 aromatic heterocycles. The largest absolute Gasteiger partial charge is 0.487 e. The summed E-state index contributed by atoms with van der Waals surface area (Å²) in [4.78, 5) is 0. The highest BCUT2D eigenvalue weighted by Crippen LogP contribution is 2.49. The number of hydrogen-bond acceptors (Lipinski definition) is 6. The average Bonchev–Trinajstić information content (AvgIpc) is 3.01. The molecule has 1 aliphatic heterocycles. The van der Waals surface area contributed by atoms with Crippen LogP contribution >= 0.6 is 0 Å². The first-order chi connectivity index (χ1) is 11.3. The van der Waals surface area contributed by atoms with E-state index in [-0.39, 0.29) is 11.6 Å². The summed E-state index contributed by atoms with van der Waals surface area (Å²) in [6.45, 7) is 0. The molecule has 0 bridgehead atoms. The first-order valence-electron chi connectivity index (χ1n) is 7.91. The van der Waals surface area contributed by atoms with E-state index in [4.69, 9.17) is 4.74 Å². The SMILES string of the molecule is c1ccc2c(c1)OC1(CCC1)C[C@H]2Nc1ccc2nnnn2n1. The Morgan fingerprint density at radius 2 is 2.09 bits per heavy atom. The van der Waals surface area contributed by atoms with Gasteiger partial charge < -0.3 is 10.1 Å². The number of rotatable bonds is 2. The molecule has 1 aromatic carbocycles. The summed E-state index contributed by atoms with van der Waals surface area (Å²) in [6.07, 6.45) is 4.45. The van der Waals surface area contributed by atoms with E-state index in [0.29, 0.717) is 5.65 Å². The van der Waals surface area contributed by atoms with Crippen molar-refractivity contribution in [3.63, 3.8) is 0 Å². The van der Waals surface area contributed by atoms with Crippen LogP contribution < -0.4 is 10.1 Å². The molecule has 7 nitrogen and oxygen atoms in total. The molecule has 1 fully saturated rings. The number of aromatic nitrogens is 5. The maximum absolute atomic E-state index is 6.28. The monoisotopic (exact) mass is 308 g/mol. The fourth-order valence-electron chi connectivity index (χ4n) is 3.53. The molecule has 1 atom stereocenters. The minimum absolute atomic E-state index is 0.00900. The van der Waals surface area contributed by atoms with Crippen LogP contribution in [-0.2, 0) is 0 Å². The summed E-state index contributed by atoms with van der Waals surface area (Å²) in [5.74, 6) is 1.75. The van der Waals surface area contributed by atoms with Crippen LogP contribution in [0.5, 0.6) is 5.75 Å². The van der Waals surface area contributed by atoms with Crippen LogP contribution in [0.3, 0.4) is 0 Å². The Morgan fingerprint density at radius 3 is 2.96 bits per heavy atom. The average molecular weight is 308 g/mol. The van der Waals surface area contributed by atoms with Crippen molar-refractivity contribution in [1.29, 1.82) is 0 Å². The first kappa shape index (κ1) is 12.8. The molecule has 0 amide bonds. The molecule has 1 aliphatic carbocycles. The summed E-state index contributed by atoms with van der Waals surface area (Å²) in [7, 11) is 0. The standard InChI is InChI=1S/C16H16N6O/c1-2-5-13-11(4-1)12(10-16(23-13)8-3-9-16)17-14-6-7-15-18-20-21-22(15)19-14/h1-2,4-7,12H,3,8-10H2,(H,17,19)/t12-/m1/s1. The summed E-state index contributed by atoms with van der Waals surface area (Å²) < 4.78 is 7.72. The second-order valence-electron chi connectivity index (χ2n) is 6.32. The predicted octanol–water partition coefficient (Wildman–Crippen LogP) is 2.38. The Balaban J connectivity index is 1.50. The zero-order valence-corrected chi connectivity index (χ0v) is 12.5. The van der Waals surface area contributed by atoms with E-state index in [1.807, 2.05) is 24.3 Å². The number of tetrazole rings is 1. The number of para-hydroxylation sites is 1. The fourth-order valence-corrected chi connectivity index (χ4v) is 3.53. The number of nitrogens with zero attached hydrogens (tertiary/aromatic N) is 5. The minimum Gasteiger partial charge on any atom is -0.487 e. The van der Waals surface area contributed by atoms with Crippen molar-refractivity contribution in [3.05, 3.63) is 42.0 Å². The lowest BCUT2D eigenvalue weighted by Gasteiger charge is -2.48. The molecule has 0 saturated heterocycles. The van der Waals surface area contributed by atoms with Crippen LogP contribution in [0.4, 0.5) is 5.82 Å². The van der Waals surface area contributed by atoms with Gasteiger partial charge in [0, 0.05) is 12.0 Å². The molecule has 116 valence electrons. The zero-order valence-electron chi connectivity index (χ0n) is 12.5. The van der Waals surface area contributed by atoms with Crippen LogP contribution in [0.25, 0.3) is 5.65 Å². The molecule has 7 heteroatoms. The van der Waals surface area contributed by atoms with Gasteiger partial charge >= 0.3 is 0 Å². The van der Waals surface area contributed by atoms with E-state index in [1.54, 1.807) is 0 Å². The maximum atomic E-state index is 6.28. The van der Waals surface area contributed by atoms with Gasteiger partial charge in [0.05, 0.1) is 6.04 Å². The van der Waals surface area contributed by atoms with Gasteiger partial charge in [-0.3, -0.25) is 0 Å².